The van der Waals surface area contributed by atoms with E-state index < -0.39 is 5.97 Å². The maximum Gasteiger partial charge on any atom is 0.336 e. The van der Waals surface area contributed by atoms with Crippen molar-refractivity contribution in [3.63, 3.8) is 0 Å². The Labute approximate surface area is 167 Å². The SMILES string of the molecule is O=C(C[C@H](Sc1ccccc1C(=O)O)c1ccccc1Cl)c1ccccc1. The summed E-state index contributed by atoms with van der Waals surface area (Å²) in [6, 6.07) is 23.2. The lowest BCUT2D eigenvalue weighted by Gasteiger charge is -2.19. The van der Waals surface area contributed by atoms with E-state index in [2.05, 4.69) is 0 Å². The van der Waals surface area contributed by atoms with Crippen LogP contribution in [-0.4, -0.2) is 16.9 Å². The van der Waals surface area contributed by atoms with Gasteiger partial charge in [-0.2, -0.15) is 0 Å². The second-order valence-corrected chi connectivity index (χ2v) is 7.57. The summed E-state index contributed by atoms with van der Waals surface area (Å²) in [5.41, 5.74) is 1.65. The summed E-state index contributed by atoms with van der Waals surface area (Å²) < 4.78 is 0. The van der Waals surface area contributed by atoms with E-state index >= 15 is 0 Å². The number of hydrogen-bond acceptors (Lipinski definition) is 3. The molecule has 1 N–H and O–H groups in total. The number of benzene rings is 3. The number of carbonyl (C=O) groups excluding carboxylic acids is 1. The summed E-state index contributed by atoms with van der Waals surface area (Å²) in [5, 5.41) is 9.72. The van der Waals surface area contributed by atoms with Crippen molar-refractivity contribution in [2.45, 2.75) is 16.6 Å². The van der Waals surface area contributed by atoms with Crippen LogP contribution in [0.5, 0.6) is 0 Å². The zero-order valence-corrected chi connectivity index (χ0v) is 15.9. The molecule has 0 saturated heterocycles. The van der Waals surface area contributed by atoms with Gasteiger partial charge in [0.05, 0.1) is 5.56 Å². The Morgan fingerprint density at radius 3 is 2.22 bits per heavy atom. The maximum absolute atomic E-state index is 12.8. The zero-order valence-electron chi connectivity index (χ0n) is 14.3. The van der Waals surface area contributed by atoms with Crippen molar-refractivity contribution in [3.8, 4) is 0 Å². The molecule has 3 nitrogen and oxygen atoms in total. The minimum atomic E-state index is -0.995. The Bertz CT molecular complexity index is 957. The van der Waals surface area contributed by atoms with Gasteiger partial charge in [-0.15, -0.1) is 11.8 Å². The van der Waals surface area contributed by atoms with Gasteiger partial charge in [0.15, 0.2) is 5.78 Å². The maximum atomic E-state index is 12.8. The highest BCUT2D eigenvalue weighted by Crippen LogP contribution is 2.42. The number of carboxylic acids is 1. The van der Waals surface area contributed by atoms with Crippen LogP contribution in [-0.2, 0) is 0 Å². The van der Waals surface area contributed by atoms with E-state index in [0.717, 1.165) is 5.56 Å². The van der Waals surface area contributed by atoms with Gasteiger partial charge in [-0.05, 0) is 23.8 Å². The van der Waals surface area contributed by atoms with Gasteiger partial charge in [-0.1, -0.05) is 72.3 Å². The topological polar surface area (TPSA) is 54.4 Å². The van der Waals surface area contributed by atoms with Crippen LogP contribution in [0, 0.1) is 0 Å². The first-order chi connectivity index (χ1) is 13.1. The van der Waals surface area contributed by atoms with Crippen molar-refractivity contribution < 1.29 is 14.7 Å². The molecule has 0 heterocycles. The van der Waals surface area contributed by atoms with Crippen LogP contribution >= 0.6 is 23.4 Å². The molecule has 5 heteroatoms. The molecular formula is C22H17ClO3S. The molecule has 0 radical (unpaired) electrons. The largest absolute Gasteiger partial charge is 0.478 e. The van der Waals surface area contributed by atoms with Crippen molar-refractivity contribution in [3.05, 3.63) is 101 Å². The number of hydrogen-bond donors (Lipinski definition) is 1. The smallest absolute Gasteiger partial charge is 0.336 e. The summed E-state index contributed by atoms with van der Waals surface area (Å²) in [7, 11) is 0. The molecule has 3 rings (SSSR count). The standard InChI is InChI=1S/C22H17ClO3S/c23-18-12-6-4-10-16(18)21(14-19(24)15-8-2-1-3-9-15)27-20-13-7-5-11-17(20)22(25)26/h1-13,21H,14H2,(H,25,26)/t21-/m0/s1. The minimum absolute atomic E-state index is 0.0131. The Balaban J connectivity index is 1.95. The zero-order chi connectivity index (χ0) is 19.2. The molecular weight excluding hydrogens is 380 g/mol. The molecule has 0 unspecified atom stereocenters. The molecule has 3 aromatic carbocycles. The fraction of sp³-hybridized carbons (Fsp3) is 0.0909. The van der Waals surface area contributed by atoms with Crippen molar-refractivity contribution in [2.75, 3.05) is 0 Å². The fourth-order valence-electron chi connectivity index (χ4n) is 2.76. The Morgan fingerprint density at radius 1 is 0.889 bits per heavy atom. The monoisotopic (exact) mass is 396 g/mol. The summed E-state index contributed by atoms with van der Waals surface area (Å²) in [6.45, 7) is 0. The van der Waals surface area contributed by atoms with E-state index in [1.54, 1.807) is 42.5 Å². The number of rotatable bonds is 7. The second kappa shape index (κ2) is 8.89. The average molecular weight is 397 g/mol. The molecule has 0 bridgehead atoms. The van der Waals surface area contributed by atoms with Crippen molar-refractivity contribution in [2.24, 2.45) is 0 Å². The van der Waals surface area contributed by atoms with E-state index in [-0.39, 0.29) is 23.0 Å². The van der Waals surface area contributed by atoms with Crippen molar-refractivity contribution in [1.29, 1.82) is 0 Å². The van der Waals surface area contributed by atoms with Crippen LogP contribution in [0.15, 0.2) is 83.8 Å². The molecule has 0 fully saturated rings. The molecule has 0 amide bonds. The van der Waals surface area contributed by atoms with Gasteiger partial charge in [-0.3, -0.25) is 4.79 Å². The van der Waals surface area contributed by atoms with Crippen molar-refractivity contribution >= 4 is 35.1 Å². The normalized spacial score (nSPS) is 11.7. The Kier molecular flexibility index (Phi) is 6.32. The average Bonchev–Trinajstić information content (AvgIpc) is 2.69. The third-order valence-corrected chi connectivity index (χ3v) is 5.76. The number of Topliss-reactive ketones (excluding diaryl/α,β-unsaturated/α-hetero) is 1. The molecule has 136 valence electrons. The predicted octanol–water partition coefficient (Wildman–Crippen LogP) is 6.14. The summed E-state index contributed by atoms with van der Waals surface area (Å²) in [6.07, 6.45) is 0.215. The second-order valence-electron chi connectivity index (χ2n) is 5.92. The van der Waals surface area contributed by atoms with Crippen LogP contribution in [0.2, 0.25) is 5.02 Å². The molecule has 27 heavy (non-hydrogen) atoms. The number of carboxylic acid groups (broad SMARTS) is 1. The fourth-order valence-corrected chi connectivity index (χ4v) is 4.41. The molecule has 0 aliphatic carbocycles. The quantitative estimate of drug-likeness (QED) is 0.384. The van der Waals surface area contributed by atoms with E-state index in [9.17, 15) is 14.7 Å². The van der Waals surface area contributed by atoms with Crippen LogP contribution in [0.3, 0.4) is 0 Å². The van der Waals surface area contributed by atoms with Gasteiger partial charge < -0.3 is 5.11 Å². The van der Waals surface area contributed by atoms with E-state index in [1.807, 2.05) is 36.4 Å². The lowest BCUT2D eigenvalue weighted by atomic mass is 10.0. The Hall–Kier alpha value is -2.56. The summed E-state index contributed by atoms with van der Waals surface area (Å²) in [5.74, 6) is -1.01. The van der Waals surface area contributed by atoms with Crippen LogP contribution < -0.4 is 0 Å². The number of ketones is 1. The molecule has 0 aromatic heterocycles. The van der Waals surface area contributed by atoms with Gasteiger partial charge in [-0.25, -0.2) is 4.79 Å². The number of thioether (sulfide) groups is 1. The van der Waals surface area contributed by atoms with E-state index in [1.165, 1.54) is 11.8 Å². The van der Waals surface area contributed by atoms with Gasteiger partial charge in [0.2, 0.25) is 0 Å². The van der Waals surface area contributed by atoms with Gasteiger partial charge in [0, 0.05) is 27.2 Å². The summed E-state index contributed by atoms with van der Waals surface area (Å²) in [4.78, 5) is 24.9. The third-order valence-electron chi connectivity index (χ3n) is 4.11. The van der Waals surface area contributed by atoms with E-state index in [4.69, 9.17) is 11.6 Å². The molecule has 0 aliphatic heterocycles. The minimum Gasteiger partial charge on any atom is -0.478 e. The highest BCUT2D eigenvalue weighted by molar-refractivity contribution is 7.99. The lowest BCUT2D eigenvalue weighted by molar-refractivity contribution is 0.0693. The first kappa shape index (κ1) is 19.2. The lowest BCUT2D eigenvalue weighted by Crippen LogP contribution is -2.07. The number of carbonyl (C=O) groups is 2. The highest BCUT2D eigenvalue weighted by atomic mass is 35.5. The first-order valence-corrected chi connectivity index (χ1v) is 9.63. The molecule has 0 aliphatic rings. The van der Waals surface area contributed by atoms with Gasteiger partial charge >= 0.3 is 5.97 Å². The predicted molar refractivity (Wildman–Crippen MR) is 109 cm³/mol. The first-order valence-electron chi connectivity index (χ1n) is 8.38. The van der Waals surface area contributed by atoms with Crippen LogP contribution in [0.1, 0.15) is 38.0 Å². The molecule has 3 aromatic rings. The van der Waals surface area contributed by atoms with Crippen molar-refractivity contribution in [1.82, 2.24) is 0 Å². The molecule has 0 spiro atoms. The van der Waals surface area contributed by atoms with Crippen LogP contribution in [0.25, 0.3) is 0 Å². The van der Waals surface area contributed by atoms with Gasteiger partial charge in [0.25, 0.3) is 0 Å². The third kappa shape index (κ3) is 4.79. The summed E-state index contributed by atoms with van der Waals surface area (Å²) >= 11 is 7.72. The van der Waals surface area contributed by atoms with Gasteiger partial charge in [0.1, 0.15) is 0 Å². The van der Waals surface area contributed by atoms with Crippen LogP contribution in [0.4, 0.5) is 0 Å². The molecule has 1 atom stereocenters. The number of aromatic carboxylic acids is 1. The highest BCUT2D eigenvalue weighted by Gasteiger charge is 2.23. The van der Waals surface area contributed by atoms with E-state index in [0.29, 0.717) is 15.5 Å². The number of halogens is 1. The Morgan fingerprint density at radius 2 is 1.52 bits per heavy atom. The molecule has 0 saturated carbocycles.